The van der Waals surface area contributed by atoms with Crippen LogP contribution in [-0.2, 0) is 0 Å². The number of hydrogen-bond acceptors (Lipinski definition) is 2. The fraction of sp³-hybridized carbons (Fsp3) is 0.105. The molecule has 1 aromatic carbocycles. The lowest BCUT2D eigenvalue weighted by Crippen LogP contribution is -1.96. The van der Waals surface area contributed by atoms with Crippen LogP contribution in [0.3, 0.4) is 0 Å². The second-order valence-electron chi connectivity index (χ2n) is 5.07. The minimum absolute atomic E-state index is 0.522. The lowest BCUT2D eigenvalue weighted by molar-refractivity contribution is 0.949. The first-order valence-electron chi connectivity index (χ1n) is 7.43. The third-order valence-corrected chi connectivity index (χ3v) is 3.93. The van der Waals surface area contributed by atoms with Gasteiger partial charge < -0.3 is 5.73 Å². The van der Waals surface area contributed by atoms with Crippen molar-refractivity contribution in [3.63, 3.8) is 0 Å². The van der Waals surface area contributed by atoms with E-state index < -0.39 is 0 Å². The zero-order valence-corrected chi connectivity index (χ0v) is 15.1. The molecule has 124 valence electrons. The summed E-state index contributed by atoms with van der Waals surface area (Å²) in [6, 6.07) is 7.07. The van der Waals surface area contributed by atoms with Crippen LogP contribution in [0.25, 0.3) is 17.5 Å². The van der Waals surface area contributed by atoms with Crippen molar-refractivity contribution < 1.29 is 0 Å². The molecule has 3 nitrogen and oxygen atoms in total. The Labute approximate surface area is 152 Å². The Hall–Kier alpha value is -2.23. The van der Waals surface area contributed by atoms with Gasteiger partial charge in [0.05, 0.1) is 5.69 Å². The SMILES string of the molecule is C=CC(=C/C)/C(=C\C)/C=C/n1nc(-c2cc(Cl)cc(Cl)c2)cc1N. The Kier molecular flexibility index (Phi) is 6.07. The molecular weight excluding hydrogens is 341 g/mol. The number of nitrogen functional groups attached to an aromatic ring is 1. The average Bonchev–Trinajstić information content (AvgIpc) is 2.91. The lowest BCUT2D eigenvalue weighted by Gasteiger charge is -2.02. The summed E-state index contributed by atoms with van der Waals surface area (Å²) >= 11 is 12.1. The predicted octanol–water partition coefficient (Wildman–Crippen LogP) is 5.99. The van der Waals surface area contributed by atoms with Crippen molar-refractivity contribution in [2.45, 2.75) is 13.8 Å². The van der Waals surface area contributed by atoms with Crippen molar-refractivity contribution in [3.8, 4) is 11.3 Å². The molecule has 0 saturated heterocycles. The van der Waals surface area contributed by atoms with Gasteiger partial charge in [0, 0.05) is 27.9 Å². The van der Waals surface area contributed by atoms with E-state index >= 15 is 0 Å². The summed E-state index contributed by atoms with van der Waals surface area (Å²) < 4.78 is 1.62. The molecule has 0 amide bonds. The van der Waals surface area contributed by atoms with Gasteiger partial charge in [-0.15, -0.1) is 0 Å². The molecule has 2 N–H and O–H groups in total. The maximum atomic E-state index is 6.05. The van der Waals surface area contributed by atoms with Crippen LogP contribution in [0, 0.1) is 0 Å². The van der Waals surface area contributed by atoms with Crippen LogP contribution < -0.4 is 5.73 Å². The molecule has 1 aromatic heterocycles. The quantitative estimate of drug-likeness (QED) is 0.666. The summed E-state index contributed by atoms with van der Waals surface area (Å²) in [5.41, 5.74) is 9.66. The van der Waals surface area contributed by atoms with Crippen molar-refractivity contribution in [2.24, 2.45) is 0 Å². The first-order valence-corrected chi connectivity index (χ1v) is 8.19. The van der Waals surface area contributed by atoms with Gasteiger partial charge >= 0.3 is 0 Å². The highest BCUT2D eigenvalue weighted by Gasteiger charge is 2.08. The summed E-state index contributed by atoms with van der Waals surface area (Å²) in [5.74, 6) is 0.522. The smallest absolute Gasteiger partial charge is 0.127 e. The monoisotopic (exact) mass is 359 g/mol. The van der Waals surface area contributed by atoms with E-state index in [1.165, 1.54) is 0 Å². The molecule has 0 fully saturated rings. The standard InChI is InChI=1S/C19H19Cl2N3/c1-4-13(5-2)14(6-3)7-8-24-19(22)12-18(23-24)15-9-16(20)11-17(21)10-15/h4-12H,1,22H2,2-3H3/b8-7+,13-5-,14-6-. The number of nitrogens with two attached hydrogens (primary N) is 1. The van der Waals surface area contributed by atoms with E-state index in [0.717, 1.165) is 16.7 Å². The number of anilines is 1. The highest BCUT2D eigenvalue weighted by Crippen LogP contribution is 2.27. The van der Waals surface area contributed by atoms with Crippen LogP contribution in [0.2, 0.25) is 10.0 Å². The van der Waals surface area contributed by atoms with Gasteiger partial charge in [0.1, 0.15) is 5.82 Å². The lowest BCUT2D eigenvalue weighted by atomic mass is 10.1. The van der Waals surface area contributed by atoms with Crippen molar-refractivity contribution >= 4 is 35.2 Å². The van der Waals surface area contributed by atoms with Gasteiger partial charge in [-0.2, -0.15) is 5.10 Å². The molecule has 0 spiro atoms. The maximum Gasteiger partial charge on any atom is 0.127 e. The maximum absolute atomic E-state index is 6.05. The molecular formula is C19H19Cl2N3. The van der Waals surface area contributed by atoms with Gasteiger partial charge in [-0.25, -0.2) is 4.68 Å². The largest absolute Gasteiger partial charge is 0.384 e. The second-order valence-corrected chi connectivity index (χ2v) is 5.94. The molecule has 5 heteroatoms. The zero-order valence-electron chi connectivity index (χ0n) is 13.6. The van der Waals surface area contributed by atoms with Crippen LogP contribution in [-0.4, -0.2) is 9.78 Å². The second kappa shape index (κ2) is 8.04. The highest BCUT2D eigenvalue weighted by molar-refractivity contribution is 6.35. The van der Waals surface area contributed by atoms with Crippen LogP contribution in [0.15, 0.2) is 66.3 Å². The highest BCUT2D eigenvalue weighted by atomic mass is 35.5. The van der Waals surface area contributed by atoms with E-state index in [9.17, 15) is 0 Å². The number of benzene rings is 1. The minimum atomic E-state index is 0.522. The Bertz CT molecular complexity index is 822. The molecule has 24 heavy (non-hydrogen) atoms. The Morgan fingerprint density at radius 3 is 2.25 bits per heavy atom. The van der Waals surface area contributed by atoms with Crippen LogP contribution in [0.1, 0.15) is 13.8 Å². The van der Waals surface area contributed by atoms with Gasteiger partial charge in [0.15, 0.2) is 0 Å². The molecule has 0 aliphatic rings. The molecule has 0 aliphatic carbocycles. The molecule has 0 radical (unpaired) electrons. The topological polar surface area (TPSA) is 43.8 Å². The minimum Gasteiger partial charge on any atom is -0.384 e. The van der Waals surface area contributed by atoms with E-state index in [-0.39, 0.29) is 0 Å². The summed E-state index contributed by atoms with van der Waals surface area (Å²) in [4.78, 5) is 0. The van der Waals surface area contributed by atoms with E-state index in [4.69, 9.17) is 28.9 Å². The molecule has 0 atom stereocenters. The zero-order chi connectivity index (χ0) is 17.7. The molecule has 0 aliphatic heterocycles. The van der Waals surface area contributed by atoms with E-state index in [1.54, 1.807) is 28.9 Å². The number of nitrogens with zero attached hydrogens (tertiary/aromatic N) is 2. The number of rotatable bonds is 5. The number of aromatic nitrogens is 2. The van der Waals surface area contributed by atoms with Crippen molar-refractivity contribution in [1.82, 2.24) is 9.78 Å². The average molecular weight is 360 g/mol. The first-order chi connectivity index (χ1) is 11.5. The predicted molar refractivity (Wildman–Crippen MR) is 105 cm³/mol. The van der Waals surface area contributed by atoms with Crippen LogP contribution in [0.4, 0.5) is 5.82 Å². The van der Waals surface area contributed by atoms with Crippen molar-refractivity contribution in [3.05, 3.63) is 76.3 Å². The molecule has 2 aromatic rings. The Morgan fingerprint density at radius 2 is 1.71 bits per heavy atom. The van der Waals surface area contributed by atoms with Gasteiger partial charge in [-0.05, 0) is 49.3 Å². The van der Waals surface area contributed by atoms with E-state index in [1.807, 2.05) is 44.4 Å². The summed E-state index contributed by atoms with van der Waals surface area (Å²) in [6.07, 6.45) is 9.57. The van der Waals surface area contributed by atoms with E-state index in [2.05, 4.69) is 11.7 Å². The Morgan fingerprint density at radius 1 is 1.08 bits per heavy atom. The number of halogens is 2. The van der Waals surface area contributed by atoms with Crippen LogP contribution in [0.5, 0.6) is 0 Å². The summed E-state index contributed by atoms with van der Waals surface area (Å²) in [7, 11) is 0. The van der Waals surface area contributed by atoms with Gasteiger partial charge in [-0.3, -0.25) is 0 Å². The van der Waals surface area contributed by atoms with Crippen LogP contribution >= 0.6 is 23.2 Å². The third kappa shape index (κ3) is 4.19. The van der Waals surface area contributed by atoms with Crippen molar-refractivity contribution in [1.29, 1.82) is 0 Å². The van der Waals surface area contributed by atoms with Gasteiger partial charge in [-0.1, -0.05) is 48.0 Å². The van der Waals surface area contributed by atoms with Gasteiger partial charge in [0.2, 0.25) is 0 Å². The normalized spacial score (nSPS) is 12.8. The fourth-order valence-corrected chi connectivity index (χ4v) is 2.81. The molecule has 0 saturated carbocycles. The number of hydrogen-bond donors (Lipinski definition) is 1. The summed E-state index contributed by atoms with van der Waals surface area (Å²) in [5, 5.41) is 5.61. The number of allylic oxidation sites excluding steroid dienone is 6. The third-order valence-electron chi connectivity index (χ3n) is 3.49. The molecule has 2 rings (SSSR count). The molecule has 0 bridgehead atoms. The first kappa shape index (κ1) is 18.1. The van der Waals surface area contributed by atoms with E-state index in [0.29, 0.717) is 21.6 Å². The van der Waals surface area contributed by atoms with Crippen molar-refractivity contribution in [2.75, 3.05) is 5.73 Å². The fourth-order valence-electron chi connectivity index (χ4n) is 2.28. The molecule has 0 unspecified atom stereocenters. The summed E-state index contributed by atoms with van der Waals surface area (Å²) in [6.45, 7) is 7.76. The molecule has 1 heterocycles. The Balaban J connectivity index is 2.35. The van der Waals surface area contributed by atoms with Gasteiger partial charge in [0.25, 0.3) is 0 Å².